The lowest BCUT2D eigenvalue weighted by molar-refractivity contribution is -0.143. The summed E-state index contributed by atoms with van der Waals surface area (Å²) in [4.78, 5) is 46.8. The summed E-state index contributed by atoms with van der Waals surface area (Å²) in [5.41, 5.74) is -0.428. The summed E-state index contributed by atoms with van der Waals surface area (Å²) in [6, 6.07) is 15.9. The highest BCUT2D eigenvalue weighted by molar-refractivity contribution is 6.32. The number of Topliss-reactive ketones (excluding diaryl/α,β-unsaturated/α-hetero) is 2. The van der Waals surface area contributed by atoms with Crippen molar-refractivity contribution in [3.63, 3.8) is 0 Å². The SMILES string of the molecule is C=CC(=O)OCC.CCOC(=O)CCC(C(=O)c1c(F)cccc1F)c1cc(OC)ccc1Cl.COc1ccc(Cl)c(CC(=O)c2c(F)cccc2F)c1. The third kappa shape index (κ3) is 13.3. The van der Waals surface area contributed by atoms with Gasteiger partial charge in [-0.1, -0.05) is 41.9 Å². The van der Waals surface area contributed by atoms with Crippen LogP contribution in [0.15, 0.2) is 85.5 Å². The molecule has 0 aliphatic heterocycles. The van der Waals surface area contributed by atoms with Crippen LogP contribution in [0.1, 0.15) is 64.4 Å². The van der Waals surface area contributed by atoms with Crippen molar-refractivity contribution in [3.8, 4) is 11.5 Å². The number of ketones is 2. The molecule has 4 aromatic carbocycles. The van der Waals surface area contributed by atoms with E-state index in [-0.39, 0.29) is 36.9 Å². The Kier molecular flexibility index (Phi) is 19.0. The second-order valence-corrected chi connectivity index (χ2v) is 11.7. The van der Waals surface area contributed by atoms with E-state index in [9.17, 15) is 36.7 Å². The van der Waals surface area contributed by atoms with Crippen molar-refractivity contribution in [2.24, 2.45) is 0 Å². The number of esters is 2. The van der Waals surface area contributed by atoms with E-state index in [1.807, 2.05) is 0 Å². The van der Waals surface area contributed by atoms with Crippen LogP contribution >= 0.6 is 23.2 Å². The van der Waals surface area contributed by atoms with E-state index in [4.69, 9.17) is 37.4 Å². The van der Waals surface area contributed by atoms with Crippen LogP contribution in [0.2, 0.25) is 10.0 Å². The van der Waals surface area contributed by atoms with Gasteiger partial charge in [-0.3, -0.25) is 14.4 Å². The number of benzene rings is 4. The van der Waals surface area contributed by atoms with Gasteiger partial charge in [0.25, 0.3) is 0 Å². The van der Waals surface area contributed by atoms with Crippen LogP contribution in [0, 0.1) is 23.3 Å². The fourth-order valence-electron chi connectivity index (χ4n) is 4.79. The Morgan fingerprint density at radius 2 is 1.22 bits per heavy atom. The molecule has 0 spiro atoms. The highest BCUT2D eigenvalue weighted by Crippen LogP contribution is 2.35. The summed E-state index contributed by atoms with van der Waals surface area (Å²) in [7, 11) is 2.92. The summed E-state index contributed by atoms with van der Waals surface area (Å²) in [5, 5.41) is 0.575. The molecule has 0 radical (unpaired) electrons. The minimum Gasteiger partial charge on any atom is -0.497 e. The van der Waals surface area contributed by atoms with E-state index >= 15 is 0 Å². The molecule has 0 amide bonds. The molecule has 0 N–H and O–H groups in total. The molecule has 0 heterocycles. The standard InChI is InChI=1S/C20H19ClF2O4.C15H11ClF2O2.C5H8O2/c1-3-27-18(24)10-8-13(14-11-12(26-2)7-9-15(14)21)20(25)19-16(22)5-4-6-17(19)23;1-20-10-5-6-11(16)9(7-10)8-14(19)15-12(17)3-2-4-13(15)18;1-3-5(6)7-4-2/h4-7,9,11,13H,3,8,10H2,1-2H3;2-7H,8H2,1H3;3H,1,4H2,2H3. The van der Waals surface area contributed by atoms with Crippen molar-refractivity contribution in [1.82, 2.24) is 0 Å². The highest BCUT2D eigenvalue weighted by atomic mass is 35.5. The van der Waals surface area contributed by atoms with Crippen molar-refractivity contribution >= 4 is 46.7 Å². The molecule has 0 aromatic heterocycles. The summed E-state index contributed by atoms with van der Waals surface area (Å²) in [6.07, 6.45) is 0.823. The van der Waals surface area contributed by atoms with Gasteiger partial charge in [0.1, 0.15) is 34.8 Å². The lowest BCUT2D eigenvalue weighted by atomic mass is 9.86. The first-order chi connectivity index (χ1) is 25.7. The van der Waals surface area contributed by atoms with Gasteiger partial charge >= 0.3 is 11.9 Å². The summed E-state index contributed by atoms with van der Waals surface area (Å²) in [5.74, 6) is -6.14. The van der Waals surface area contributed by atoms with Gasteiger partial charge in [0.15, 0.2) is 11.6 Å². The average molecular weight is 794 g/mol. The van der Waals surface area contributed by atoms with E-state index in [1.54, 1.807) is 38.1 Å². The zero-order valence-corrected chi connectivity index (χ0v) is 31.4. The van der Waals surface area contributed by atoms with Crippen molar-refractivity contribution in [2.45, 2.75) is 39.0 Å². The fourth-order valence-corrected chi connectivity index (χ4v) is 5.22. The number of carbonyl (C=O) groups excluding carboxylic acids is 4. The fraction of sp³-hybridized carbons (Fsp3) is 0.250. The second-order valence-electron chi connectivity index (χ2n) is 10.9. The molecule has 8 nitrogen and oxygen atoms in total. The maximum atomic E-state index is 14.1. The quantitative estimate of drug-likeness (QED) is 0.0538. The Morgan fingerprint density at radius 1 is 0.722 bits per heavy atom. The Labute approximate surface area is 320 Å². The van der Waals surface area contributed by atoms with Crippen LogP contribution in [0.3, 0.4) is 0 Å². The molecule has 14 heteroatoms. The molecule has 1 unspecified atom stereocenters. The van der Waals surface area contributed by atoms with Crippen LogP contribution in [0.5, 0.6) is 11.5 Å². The normalized spacial score (nSPS) is 10.7. The van der Waals surface area contributed by atoms with E-state index in [0.29, 0.717) is 34.3 Å². The Hall–Kier alpha value is -5.20. The zero-order chi connectivity index (χ0) is 40.4. The van der Waals surface area contributed by atoms with Gasteiger partial charge in [0.05, 0.1) is 38.6 Å². The van der Waals surface area contributed by atoms with Gasteiger partial charge in [-0.25, -0.2) is 22.4 Å². The molecule has 0 bridgehead atoms. The third-order valence-corrected chi connectivity index (χ3v) is 8.06. The number of rotatable bonds is 14. The molecule has 0 saturated carbocycles. The van der Waals surface area contributed by atoms with Crippen LogP contribution < -0.4 is 9.47 Å². The van der Waals surface area contributed by atoms with Crippen molar-refractivity contribution < 1.29 is 55.7 Å². The first kappa shape index (κ1) is 45.0. The monoisotopic (exact) mass is 792 g/mol. The zero-order valence-electron chi connectivity index (χ0n) is 29.9. The first-order valence-corrected chi connectivity index (χ1v) is 17.0. The van der Waals surface area contributed by atoms with Gasteiger partial charge < -0.3 is 18.9 Å². The van der Waals surface area contributed by atoms with Gasteiger partial charge in [0, 0.05) is 34.9 Å². The maximum Gasteiger partial charge on any atom is 0.330 e. The second kappa shape index (κ2) is 22.8. The summed E-state index contributed by atoms with van der Waals surface area (Å²) < 4.78 is 74.8. The van der Waals surface area contributed by atoms with Crippen molar-refractivity contribution in [2.75, 3.05) is 27.4 Å². The Morgan fingerprint density at radius 3 is 1.70 bits per heavy atom. The van der Waals surface area contributed by atoms with Gasteiger partial charge in [-0.05, 0) is 92.1 Å². The van der Waals surface area contributed by atoms with E-state index in [1.165, 1.54) is 38.5 Å². The van der Waals surface area contributed by atoms with Gasteiger partial charge in [-0.15, -0.1) is 0 Å². The molecule has 0 aliphatic rings. The van der Waals surface area contributed by atoms with Crippen molar-refractivity contribution in [3.05, 3.63) is 141 Å². The molecular formula is C40H38Cl2F4O8. The Balaban J connectivity index is 0.000000327. The molecule has 288 valence electrons. The number of methoxy groups -OCH3 is 2. The largest absolute Gasteiger partial charge is 0.497 e. The van der Waals surface area contributed by atoms with Gasteiger partial charge in [0.2, 0.25) is 0 Å². The predicted molar refractivity (Wildman–Crippen MR) is 197 cm³/mol. The average Bonchev–Trinajstić information content (AvgIpc) is 3.14. The van der Waals surface area contributed by atoms with Crippen molar-refractivity contribution in [1.29, 1.82) is 0 Å². The molecule has 54 heavy (non-hydrogen) atoms. The van der Waals surface area contributed by atoms with Crippen LogP contribution in [0.4, 0.5) is 17.6 Å². The van der Waals surface area contributed by atoms with E-state index < -0.39 is 57.8 Å². The molecule has 4 aromatic rings. The molecule has 4 rings (SSSR count). The van der Waals surface area contributed by atoms with Gasteiger partial charge in [-0.2, -0.15) is 0 Å². The number of hydrogen-bond donors (Lipinski definition) is 0. The topological polar surface area (TPSA) is 105 Å². The summed E-state index contributed by atoms with van der Waals surface area (Å²) in [6.45, 7) is 7.23. The number of halogens is 6. The number of carbonyl (C=O) groups is 4. The Bertz CT molecular complexity index is 1900. The minimum atomic E-state index is -1.04. The predicted octanol–water partition coefficient (Wildman–Crippen LogP) is 9.72. The van der Waals surface area contributed by atoms with E-state index in [0.717, 1.165) is 30.3 Å². The smallest absolute Gasteiger partial charge is 0.330 e. The molecule has 0 saturated heterocycles. The van der Waals surface area contributed by atoms with Crippen LogP contribution in [-0.2, 0) is 25.5 Å². The van der Waals surface area contributed by atoms with Crippen LogP contribution in [0.25, 0.3) is 0 Å². The minimum absolute atomic E-state index is 0.0155. The maximum absolute atomic E-state index is 14.1. The lowest BCUT2D eigenvalue weighted by Crippen LogP contribution is -2.18. The molecule has 0 fully saturated rings. The molecular weight excluding hydrogens is 755 g/mol. The first-order valence-electron chi connectivity index (χ1n) is 16.3. The number of ether oxygens (including phenoxy) is 4. The summed E-state index contributed by atoms with van der Waals surface area (Å²) >= 11 is 12.2. The van der Waals surface area contributed by atoms with E-state index in [2.05, 4.69) is 11.3 Å². The molecule has 0 aliphatic carbocycles. The third-order valence-electron chi connectivity index (χ3n) is 7.35. The number of hydrogen-bond acceptors (Lipinski definition) is 8. The lowest BCUT2D eigenvalue weighted by Gasteiger charge is -2.19. The van der Waals surface area contributed by atoms with Crippen LogP contribution in [-0.4, -0.2) is 50.9 Å². The highest BCUT2D eigenvalue weighted by Gasteiger charge is 2.30. The molecule has 1 atom stereocenters.